The van der Waals surface area contributed by atoms with E-state index < -0.39 is 5.91 Å². The molecule has 1 fully saturated rings. The molecular weight excluding hydrogens is 284 g/mol. The molecule has 0 spiro atoms. The van der Waals surface area contributed by atoms with Gasteiger partial charge in [-0.25, -0.2) is 4.98 Å². The topological polar surface area (TPSA) is 99.2 Å². The number of likely N-dealkylation sites (tertiary alicyclic amines) is 1. The molecule has 8 heteroatoms. The van der Waals surface area contributed by atoms with Crippen molar-refractivity contribution in [3.05, 3.63) is 35.9 Å². The van der Waals surface area contributed by atoms with Crippen LogP contribution in [0.1, 0.15) is 28.5 Å². The van der Waals surface area contributed by atoms with Gasteiger partial charge in [-0.3, -0.25) is 14.4 Å². The first-order chi connectivity index (χ1) is 10.7. The number of carbonyl (C=O) groups is 1. The average Bonchev–Trinajstić information content (AvgIpc) is 3.16. The summed E-state index contributed by atoms with van der Waals surface area (Å²) in [6.07, 6.45) is 5.90. The summed E-state index contributed by atoms with van der Waals surface area (Å²) in [5.41, 5.74) is 6.62. The number of ether oxygens (including phenoxy) is 1. The minimum atomic E-state index is -0.450. The highest BCUT2D eigenvalue weighted by Gasteiger charge is 2.25. The molecule has 1 aliphatic heterocycles. The molecule has 8 nitrogen and oxygen atoms in total. The molecule has 3 heterocycles. The monoisotopic (exact) mass is 302 g/mol. The van der Waals surface area contributed by atoms with Gasteiger partial charge in [-0.15, -0.1) is 0 Å². The van der Waals surface area contributed by atoms with Crippen LogP contribution in [0.4, 0.5) is 0 Å². The zero-order chi connectivity index (χ0) is 15.5. The number of amides is 1. The van der Waals surface area contributed by atoms with Crippen molar-refractivity contribution in [2.75, 3.05) is 20.2 Å². The van der Waals surface area contributed by atoms with Gasteiger partial charge in [0.05, 0.1) is 30.6 Å². The number of rotatable bonds is 5. The Bertz CT molecular complexity index is 671. The van der Waals surface area contributed by atoms with Gasteiger partial charge < -0.3 is 10.5 Å². The second-order valence-corrected chi connectivity index (χ2v) is 5.29. The van der Waals surface area contributed by atoms with Crippen LogP contribution < -0.4 is 10.5 Å². The molecule has 0 bridgehead atoms. The molecule has 0 radical (unpaired) electrons. The maximum Gasteiger partial charge on any atom is 0.316 e. The first kappa shape index (κ1) is 14.5. The lowest BCUT2D eigenvalue weighted by Gasteiger charge is -2.15. The zero-order valence-corrected chi connectivity index (χ0v) is 12.3. The summed E-state index contributed by atoms with van der Waals surface area (Å²) in [5, 5.41) is 4.23. The number of hydrogen-bond donors (Lipinski definition) is 1. The highest BCUT2D eigenvalue weighted by Crippen LogP contribution is 2.22. The molecule has 22 heavy (non-hydrogen) atoms. The van der Waals surface area contributed by atoms with Gasteiger partial charge in [-0.2, -0.15) is 10.1 Å². The summed E-state index contributed by atoms with van der Waals surface area (Å²) < 4.78 is 6.86. The summed E-state index contributed by atoms with van der Waals surface area (Å²) in [5.74, 6) is -0.450. The van der Waals surface area contributed by atoms with Gasteiger partial charge in [0.15, 0.2) is 0 Å². The van der Waals surface area contributed by atoms with Gasteiger partial charge in [0.25, 0.3) is 5.91 Å². The maximum atomic E-state index is 11.1. The predicted molar refractivity (Wildman–Crippen MR) is 78.3 cm³/mol. The molecule has 3 rings (SSSR count). The largest absolute Gasteiger partial charge is 0.467 e. The van der Waals surface area contributed by atoms with E-state index in [1.54, 1.807) is 19.5 Å². The van der Waals surface area contributed by atoms with Crippen molar-refractivity contribution < 1.29 is 9.53 Å². The van der Waals surface area contributed by atoms with Gasteiger partial charge in [-0.05, 0) is 12.5 Å². The van der Waals surface area contributed by atoms with E-state index in [4.69, 9.17) is 10.5 Å². The number of primary amides is 1. The molecule has 0 aromatic carbocycles. The van der Waals surface area contributed by atoms with Crippen LogP contribution in [0.2, 0.25) is 0 Å². The third-order valence-corrected chi connectivity index (χ3v) is 3.77. The van der Waals surface area contributed by atoms with Crippen LogP contribution in [0.15, 0.2) is 24.7 Å². The van der Waals surface area contributed by atoms with Crippen molar-refractivity contribution in [3.63, 3.8) is 0 Å². The fourth-order valence-electron chi connectivity index (χ4n) is 2.63. The summed E-state index contributed by atoms with van der Waals surface area (Å²) in [6.45, 7) is 2.54. The maximum absolute atomic E-state index is 11.1. The molecule has 0 saturated carbocycles. The van der Waals surface area contributed by atoms with Crippen molar-refractivity contribution in [1.29, 1.82) is 0 Å². The SMILES string of the molecule is COc1nccc(CN2CCC(n3cc(C(N)=O)cn3)C2)n1. The number of hydrogen-bond acceptors (Lipinski definition) is 6. The van der Waals surface area contributed by atoms with E-state index in [0.717, 1.165) is 31.7 Å². The van der Waals surface area contributed by atoms with Crippen molar-refractivity contribution in [3.8, 4) is 6.01 Å². The number of aromatic nitrogens is 4. The van der Waals surface area contributed by atoms with E-state index in [-0.39, 0.29) is 6.04 Å². The van der Waals surface area contributed by atoms with E-state index in [9.17, 15) is 4.79 Å². The second-order valence-electron chi connectivity index (χ2n) is 5.29. The summed E-state index contributed by atoms with van der Waals surface area (Å²) in [6, 6.07) is 2.51. The van der Waals surface area contributed by atoms with E-state index >= 15 is 0 Å². The van der Waals surface area contributed by atoms with Crippen LogP contribution in [0.25, 0.3) is 0 Å². The Morgan fingerprint density at radius 1 is 1.55 bits per heavy atom. The standard InChI is InChI=1S/C14H18N6O2/c1-22-14-16-4-2-11(18-14)8-19-5-3-12(9-19)20-7-10(6-17-20)13(15)21/h2,4,6-7,12H,3,5,8-9H2,1H3,(H2,15,21). The molecule has 0 aliphatic carbocycles. The van der Waals surface area contributed by atoms with Crippen LogP contribution in [0.3, 0.4) is 0 Å². The van der Waals surface area contributed by atoms with E-state index in [1.165, 1.54) is 6.20 Å². The highest BCUT2D eigenvalue weighted by molar-refractivity contribution is 5.92. The molecule has 2 aromatic heterocycles. The summed E-state index contributed by atoms with van der Waals surface area (Å²) in [7, 11) is 1.55. The Kier molecular flexibility index (Phi) is 4.01. The Morgan fingerprint density at radius 2 is 2.41 bits per heavy atom. The lowest BCUT2D eigenvalue weighted by Crippen LogP contribution is -2.22. The van der Waals surface area contributed by atoms with Gasteiger partial charge in [0.2, 0.25) is 0 Å². The Morgan fingerprint density at radius 3 is 3.14 bits per heavy atom. The third-order valence-electron chi connectivity index (χ3n) is 3.77. The minimum absolute atomic E-state index is 0.247. The number of methoxy groups -OCH3 is 1. The van der Waals surface area contributed by atoms with E-state index in [1.807, 2.05) is 10.7 Å². The lowest BCUT2D eigenvalue weighted by atomic mass is 10.2. The van der Waals surface area contributed by atoms with Crippen LogP contribution in [-0.2, 0) is 6.54 Å². The molecule has 2 aromatic rings. The number of nitrogens with zero attached hydrogens (tertiary/aromatic N) is 5. The minimum Gasteiger partial charge on any atom is -0.467 e. The Labute approximate surface area is 127 Å². The predicted octanol–water partition coefficient (Wildman–Crippen LogP) is 0.228. The van der Waals surface area contributed by atoms with Crippen molar-refractivity contribution in [2.24, 2.45) is 5.73 Å². The molecule has 1 aliphatic rings. The lowest BCUT2D eigenvalue weighted by molar-refractivity contribution is 0.1000. The molecule has 2 N–H and O–H groups in total. The van der Waals surface area contributed by atoms with Gasteiger partial charge in [0.1, 0.15) is 0 Å². The Balaban J connectivity index is 1.62. The summed E-state index contributed by atoms with van der Waals surface area (Å²) in [4.78, 5) is 21.7. The van der Waals surface area contributed by atoms with Gasteiger partial charge >= 0.3 is 6.01 Å². The van der Waals surface area contributed by atoms with Crippen LogP contribution in [0, 0.1) is 0 Å². The van der Waals surface area contributed by atoms with E-state index in [2.05, 4.69) is 20.0 Å². The van der Waals surface area contributed by atoms with Crippen molar-refractivity contribution in [1.82, 2.24) is 24.6 Å². The van der Waals surface area contributed by atoms with Gasteiger partial charge in [0, 0.05) is 32.0 Å². The van der Waals surface area contributed by atoms with Crippen LogP contribution in [-0.4, -0.2) is 50.8 Å². The van der Waals surface area contributed by atoms with Crippen LogP contribution >= 0.6 is 0 Å². The molecule has 1 amide bonds. The van der Waals surface area contributed by atoms with Crippen molar-refractivity contribution in [2.45, 2.75) is 19.0 Å². The normalized spacial score (nSPS) is 18.5. The summed E-state index contributed by atoms with van der Waals surface area (Å²) >= 11 is 0. The number of nitrogens with two attached hydrogens (primary N) is 1. The quantitative estimate of drug-likeness (QED) is 0.848. The van der Waals surface area contributed by atoms with E-state index in [0.29, 0.717) is 11.6 Å². The Hall–Kier alpha value is -2.48. The highest BCUT2D eigenvalue weighted by atomic mass is 16.5. The van der Waals surface area contributed by atoms with Crippen molar-refractivity contribution >= 4 is 5.91 Å². The number of carbonyl (C=O) groups excluding carboxylic acids is 1. The second kappa shape index (κ2) is 6.10. The molecule has 1 atom stereocenters. The molecule has 1 unspecified atom stereocenters. The molecule has 1 saturated heterocycles. The first-order valence-corrected chi connectivity index (χ1v) is 7.08. The zero-order valence-electron chi connectivity index (χ0n) is 12.3. The fourth-order valence-corrected chi connectivity index (χ4v) is 2.63. The fraction of sp³-hybridized carbons (Fsp3) is 0.429. The average molecular weight is 302 g/mol. The third kappa shape index (κ3) is 3.06. The van der Waals surface area contributed by atoms with Crippen LogP contribution in [0.5, 0.6) is 6.01 Å². The van der Waals surface area contributed by atoms with Gasteiger partial charge in [-0.1, -0.05) is 0 Å². The molecular formula is C14H18N6O2. The first-order valence-electron chi connectivity index (χ1n) is 7.08. The smallest absolute Gasteiger partial charge is 0.316 e. The molecule has 116 valence electrons.